The number of hydrogen-bond acceptors (Lipinski definition) is 5. The van der Waals surface area contributed by atoms with Crippen molar-refractivity contribution in [3.63, 3.8) is 0 Å². The Morgan fingerprint density at radius 2 is 2.10 bits per heavy atom. The fourth-order valence-corrected chi connectivity index (χ4v) is 2.22. The molecule has 0 aromatic carbocycles. The van der Waals surface area contributed by atoms with E-state index in [1.54, 1.807) is 24.6 Å². The summed E-state index contributed by atoms with van der Waals surface area (Å²) in [5.41, 5.74) is 0.300. The van der Waals surface area contributed by atoms with Gasteiger partial charge >= 0.3 is 11.9 Å². The molecule has 0 saturated heterocycles. The van der Waals surface area contributed by atoms with Crippen LogP contribution in [0.1, 0.15) is 29.6 Å². The van der Waals surface area contributed by atoms with E-state index in [2.05, 4.69) is 10.3 Å². The summed E-state index contributed by atoms with van der Waals surface area (Å²) in [6.07, 6.45) is 3.41. The van der Waals surface area contributed by atoms with Crippen LogP contribution in [0, 0.1) is 0 Å². The van der Waals surface area contributed by atoms with E-state index in [-0.39, 0.29) is 19.3 Å². The highest BCUT2D eigenvalue weighted by molar-refractivity contribution is 7.98. The third-order valence-electron chi connectivity index (χ3n) is 2.70. The van der Waals surface area contributed by atoms with Crippen LogP contribution in [0.4, 0.5) is 0 Å². The van der Waals surface area contributed by atoms with Gasteiger partial charge in [0, 0.05) is 12.6 Å². The lowest BCUT2D eigenvalue weighted by Crippen LogP contribution is -2.41. The molecule has 0 bridgehead atoms. The van der Waals surface area contributed by atoms with Crippen molar-refractivity contribution in [2.75, 3.05) is 6.26 Å². The number of carbonyl (C=O) groups excluding carboxylic acids is 1. The molecule has 1 amide bonds. The number of carboxylic acids is 2. The Bertz CT molecular complexity index is 535. The lowest BCUT2D eigenvalue weighted by molar-refractivity contribution is -0.140. The van der Waals surface area contributed by atoms with Crippen LogP contribution in [0.25, 0.3) is 0 Å². The first-order valence-corrected chi connectivity index (χ1v) is 7.42. The molecule has 1 aromatic rings. The van der Waals surface area contributed by atoms with Crippen molar-refractivity contribution in [2.24, 2.45) is 0 Å². The molecule has 1 aromatic heterocycles. The van der Waals surface area contributed by atoms with E-state index in [9.17, 15) is 14.4 Å². The smallest absolute Gasteiger partial charge is 0.326 e. The molecule has 0 radical (unpaired) electrons. The van der Waals surface area contributed by atoms with E-state index in [0.717, 1.165) is 0 Å². The molecule has 3 N–H and O–H groups in total. The van der Waals surface area contributed by atoms with E-state index in [1.807, 2.05) is 0 Å². The first-order chi connectivity index (χ1) is 9.95. The predicted molar refractivity (Wildman–Crippen MR) is 76.4 cm³/mol. The van der Waals surface area contributed by atoms with Crippen molar-refractivity contribution >= 4 is 29.6 Å². The number of rotatable bonds is 8. The van der Waals surface area contributed by atoms with Crippen LogP contribution >= 0.6 is 11.8 Å². The van der Waals surface area contributed by atoms with E-state index in [1.165, 1.54) is 11.8 Å². The van der Waals surface area contributed by atoms with Gasteiger partial charge in [0.2, 0.25) is 0 Å². The summed E-state index contributed by atoms with van der Waals surface area (Å²) in [5, 5.41) is 20.5. The van der Waals surface area contributed by atoms with E-state index in [0.29, 0.717) is 10.6 Å². The zero-order valence-electron chi connectivity index (χ0n) is 11.4. The fraction of sp³-hybridized carbons (Fsp3) is 0.385. The molecule has 0 fully saturated rings. The molecular formula is C13H16N2O5S. The summed E-state index contributed by atoms with van der Waals surface area (Å²) < 4.78 is 0. The van der Waals surface area contributed by atoms with Gasteiger partial charge in [-0.05, 0) is 31.2 Å². The lowest BCUT2D eigenvalue weighted by Gasteiger charge is -2.14. The van der Waals surface area contributed by atoms with Crippen LogP contribution in [-0.4, -0.2) is 45.3 Å². The average molecular weight is 312 g/mol. The Balaban J connectivity index is 2.72. The first-order valence-electron chi connectivity index (χ1n) is 6.20. The predicted octanol–water partition coefficient (Wildman–Crippen LogP) is 1.24. The maximum absolute atomic E-state index is 12.1. The summed E-state index contributed by atoms with van der Waals surface area (Å²) >= 11 is 1.28. The number of hydrogen-bond donors (Lipinski definition) is 3. The molecule has 1 rings (SSSR count). The second-order valence-electron chi connectivity index (χ2n) is 4.21. The molecule has 0 aliphatic rings. The number of aliphatic carboxylic acids is 2. The third-order valence-corrected chi connectivity index (χ3v) is 3.41. The Morgan fingerprint density at radius 1 is 1.38 bits per heavy atom. The summed E-state index contributed by atoms with van der Waals surface area (Å²) in [5.74, 6) is -2.72. The number of aromatic nitrogens is 1. The SMILES string of the molecule is CSc1ncccc1C(=O)N[C@H](CCCC(=O)O)C(=O)O. The number of thioether (sulfide) groups is 1. The van der Waals surface area contributed by atoms with E-state index in [4.69, 9.17) is 10.2 Å². The van der Waals surface area contributed by atoms with Crippen LogP contribution in [0.15, 0.2) is 23.4 Å². The summed E-state index contributed by atoms with van der Waals surface area (Å²) in [6, 6.07) is 2.03. The molecular weight excluding hydrogens is 296 g/mol. The fourth-order valence-electron chi connectivity index (χ4n) is 1.68. The van der Waals surface area contributed by atoms with Crippen molar-refractivity contribution < 1.29 is 24.6 Å². The Hall–Kier alpha value is -2.09. The van der Waals surface area contributed by atoms with Crippen LogP contribution in [-0.2, 0) is 9.59 Å². The maximum atomic E-state index is 12.1. The molecule has 0 unspecified atom stereocenters. The Labute approximate surface area is 125 Å². The van der Waals surface area contributed by atoms with Crippen molar-refractivity contribution in [1.29, 1.82) is 0 Å². The molecule has 8 heteroatoms. The third kappa shape index (κ3) is 5.42. The highest BCUT2D eigenvalue weighted by Gasteiger charge is 2.22. The second kappa shape index (κ2) is 8.25. The molecule has 1 heterocycles. The van der Waals surface area contributed by atoms with Crippen molar-refractivity contribution in [1.82, 2.24) is 10.3 Å². The van der Waals surface area contributed by atoms with Gasteiger partial charge in [0.15, 0.2) is 0 Å². The quantitative estimate of drug-likeness (QED) is 0.618. The zero-order chi connectivity index (χ0) is 15.8. The van der Waals surface area contributed by atoms with Crippen LogP contribution in [0.3, 0.4) is 0 Å². The molecule has 0 aliphatic heterocycles. The lowest BCUT2D eigenvalue weighted by atomic mass is 10.1. The number of nitrogens with zero attached hydrogens (tertiary/aromatic N) is 1. The number of carbonyl (C=O) groups is 3. The van der Waals surface area contributed by atoms with Gasteiger partial charge in [-0.2, -0.15) is 0 Å². The first kappa shape index (κ1) is 17.0. The maximum Gasteiger partial charge on any atom is 0.326 e. The van der Waals surface area contributed by atoms with Crippen molar-refractivity contribution in [2.45, 2.75) is 30.3 Å². The van der Waals surface area contributed by atoms with Crippen LogP contribution < -0.4 is 5.32 Å². The van der Waals surface area contributed by atoms with E-state index < -0.39 is 23.9 Å². The van der Waals surface area contributed by atoms with Gasteiger partial charge in [0.1, 0.15) is 11.1 Å². The second-order valence-corrected chi connectivity index (χ2v) is 5.01. The molecule has 0 saturated carbocycles. The van der Waals surface area contributed by atoms with Gasteiger partial charge in [-0.3, -0.25) is 9.59 Å². The minimum Gasteiger partial charge on any atom is -0.481 e. The highest BCUT2D eigenvalue weighted by atomic mass is 32.2. The Morgan fingerprint density at radius 3 is 2.67 bits per heavy atom. The monoisotopic (exact) mass is 312 g/mol. The number of nitrogens with one attached hydrogen (secondary N) is 1. The largest absolute Gasteiger partial charge is 0.481 e. The van der Waals surface area contributed by atoms with Crippen LogP contribution in [0.5, 0.6) is 0 Å². The molecule has 21 heavy (non-hydrogen) atoms. The van der Waals surface area contributed by atoms with Crippen molar-refractivity contribution in [3.05, 3.63) is 23.9 Å². The summed E-state index contributed by atoms with van der Waals surface area (Å²) in [7, 11) is 0. The normalized spacial score (nSPS) is 11.7. The van der Waals surface area contributed by atoms with Crippen molar-refractivity contribution in [3.8, 4) is 0 Å². The van der Waals surface area contributed by atoms with Gasteiger partial charge in [-0.25, -0.2) is 9.78 Å². The molecule has 0 spiro atoms. The Kier molecular flexibility index (Phi) is 6.67. The standard InChI is InChI=1S/C13H16N2O5S/c1-21-12-8(4-3-7-14-12)11(18)15-9(13(19)20)5-2-6-10(16)17/h3-4,7,9H,2,5-6H2,1H3,(H,15,18)(H,16,17)(H,19,20)/t9-/m1/s1. The highest BCUT2D eigenvalue weighted by Crippen LogP contribution is 2.17. The van der Waals surface area contributed by atoms with Gasteiger partial charge in [-0.1, -0.05) is 0 Å². The van der Waals surface area contributed by atoms with Gasteiger partial charge in [0.05, 0.1) is 5.56 Å². The zero-order valence-corrected chi connectivity index (χ0v) is 12.2. The van der Waals surface area contributed by atoms with Gasteiger partial charge < -0.3 is 15.5 Å². The minimum atomic E-state index is -1.19. The number of amides is 1. The molecule has 0 aliphatic carbocycles. The van der Waals surface area contributed by atoms with Gasteiger partial charge in [0.25, 0.3) is 5.91 Å². The number of pyridine rings is 1. The van der Waals surface area contributed by atoms with Crippen LogP contribution in [0.2, 0.25) is 0 Å². The molecule has 1 atom stereocenters. The topological polar surface area (TPSA) is 117 Å². The summed E-state index contributed by atoms with van der Waals surface area (Å²) in [4.78, 5) is 37.7. The number of carboxylic acid groups (broad SMARTS) is 2. The average Bonchev–Trinajstić information content (AvgIpc) is 2.45. The minimum absolute atomic E-state index is 0.0578. The molecule has 114 valence electrons. The van der Waals surface area contributed by atoms with Gasteiger partial charge in [-0.15, -0.1) is 11.8 Å². The summed E-state index contributed by atoms with van der Waals surface area (Å²) in [6.45, 7) is 0. The van der Waals surface area contributed by atoms with E-state index >= 15 is 0 Å². The molecule has 7 nitrogen and oxygen atoms in total.